The molecule has 0 aromatic carbocycles. The number of unbranched alkanes of at least 4 members (excludes halogenated alkanes) is 6. The Morgan fingerprint density at radius 2 is 1.25 bits per heavy atom. The van der Waals surface area contributed by atoms with Crippen molar-refractivity contribution >= 4 is 22.1 Å². The van der Waals surface area contributed by atoms with Crippen LogP contribution >= 0.6 is 0 Å². The van der Waals surface area contributed by atoms with E-state index in [9.17, 15) is 32.8 Å². The predicted molar refractivity (Wildman–Crippen MR) is 128 cm³/mol. The van der Waals surface area contributed by atoms with Gasteiger partial charge in [-0.2, -0.15) is 8.42 Å². The standard InChI is InChI=1S/C22H42O7S.2H3N/c1-5-9-11-13-15-17(7-3)19(20(23)24)22(21(25)26,30(27,28)29)18(8-4)16-14-12-10-6-2;;/h17-19H,5-16H2,1-4H3,(H,23,24)(H,25,26)(H,27,28,29);2*1H3. The zero-order chi connectivity index (χ0) is 23.4. The lowest BCUT2D eigenvalue weighted by molar-refractivity contribution is -0.157. The number of carboxylic acids is 2. The highest BCUT2D eigenvalue weighted by molar-refractivity contribution is 7.88. The summed E-state index contributed by atoms with van der Waals surface area (Å²) in [5.41, 5.74) is 0. The van der Waals surface area contributed by atoms with Gasteiger partial charge in [0.1, 0.15) is 0 Å². The van der Waals surface area contributed by atoms with Gasteiger partial charge in [-0.15, -0.1) is 0 Å². The zero-order valence-corrected chi connectivity index (χ0v) is 21.3. The fourth-order valence-electron chi connectivity index (χ4n) is 4.76. The SMILES string of the molecule is CCCCCCC(CC)C(C(=O)O)C(C(=O)O)(C(CC)CCCCCC)S(=O)(=O)O.N.N. The molecule has 0 aromatic heterocycles. The van der Waals surface area contributed by atoms with Gasteiger partial charge in [0, 0.05) is 0 Å². The second kappa shape index (κ2) is 17.3. The minimum absolute atomic E-state index is 0. The van der Waals surface area contributed by atoms with Gasteiger partial charge < -0.3 is 22.5 Å². The van der Waals surface area contributed by atoms with E-state index in [0.29, 0.717) is 25.7 Å². The van der Waals surface area contributed by atoms with Gasteiger partial charge in [0.15, 0.2) is 0 Å². The summed E-state index contributed by atoms with van der Waals surface area (Å²) in [6, 6.07) is 0. The average Bonchev–Trinajstić information content (AvgIpc) is 2.66. The molecule has 4 unspecified atom stereocenters. The lowest BCUT2D eigenvalue weighted by atomic mass is 9.69. The highest BCUT2D eigenvalue weighted by Gasteiger charge is 2.64. The molecule has 0 aromatic rings. The first-order valence-corrected chi connectivity index (χ1v) is 12.9. The second-order valence-electron chi connectivity index (χ2n) is 8.36. The molecule has 0 bridgehead atoms. The minimum Gasteiger partial charge on any atom is -0.481 e. The Kier molecular flexibility index (Phi) is 19.1. The van der Waals surface area contributed by atoms with Crippen LogP contribution in [0.1, 0.15) is 105 Å². The van der Waals surface area contributed by atoms with Gasteiger partial charge in [0.05, 0.1) is 5.92 Å². The molecule has 0 saturated heterocycles. The van der Waals surface area contributed by atoms with Gasteiger partial charge >= 0.3 is 11.9 Å². The largest absolute Gasteiger partial charge is 0.481 e. The van der Waals surface area contributed by atoms with Crippen LogP contribution in [0.5, 0.6) is 0 Å². The Morgan fingerprint density at radius 3 is 1.56 bits per heavy atom. The summed E-state index contributed by atoms with van der Waals surface area (Å²) in [6.45, 7) is 7.49. The van der Waals surface area contributed by atoms with Crippen molar-refractivity contribution in [3.05, 3.63) is 0 Å². The minimum atomic E-state index is -5.19. The summed E-state index contributed by atoms with van der Waals surface area (Å²) in [4.78, 5) is 24.8. The van der Waals surface area contributed by atoms with Crippen molar-refractivity contribution in [3.8, 4) is 0 Å². The van der Waals surface area contributed by atoms with Crippen molar-refractivity contribution in [2.45, 2.75) is 109 Å². The fourth-order valence-corrected chi connectivity index (χ4v) is 6.30. The molecule has 0 rings (SSSR count). The molecule has 194 valence electrons. The molecule has 0 spiro atoms. The van der Waals surface area contributed by atoms with Gasteiger partial charge in [-0.1, -0.05) is 91.9 Å². The first-order chi connectivity index (χ1) is 14.1. The monoisotopic (exact) mass is 484 g/mol. The molecule has 0 heterocycles. The maximum atomic E-state index is 12.6. The van der Waals surface area contributed by atoms with Crippen molar-refractivity contribution in [3.63, 3.8) is 0 Å². The highest BCUT2D eigenvalue weighted by Crippen LogP contribution is 2.45. The maximum Gasteiger partial charge on any atom is 0.328 e. The first-order valence-electron chi connectivity index (χ1n) is 11.5. The normalized spacial score (nSPS) is 16.0. The van der Waals surface area contributed by atoms with Crippen molar-refractivity contribution < 1.29 is 32.8 Å². The summed E-state index contributed by atoms with van der Waals surface area (Å²) in [5, 5.41) is 20.2. The molecule has 0 amide bonds. The molecule has 32 heavy (non-hydrogen) atoms. The molecule has 0 aliphatic rings. The predicted octanol–water partition coefficient (Wildman–Crippen LogP) is 5.72. The van der Waals surface area contributed by atoms with Crippen LogP contribution in [0.4, 0.5) is 0 Å². The highest BCUT2D eigenvalue weighted by atomic mass is 32.2. The van der Waals surface area contributed by atoms with Crippen LogP contribution in [-0.2, 0) is 19.7 Å². The van der Waals surface area contributed by atoms with Gasteiger partial charge in [-0.25, -0.2) is 0 Å². The topological polar surface area (TPSA) is 199 Å². The second-order valence-corrected chi connectivity index (χ2v) is 9.99. The molecule has 0 aliphatic heterocycles. The van der Waals surface area contributed by atoms with Gasteiger partial charge in [-0.3, -0.25) is 14.1 Å². The Hall–Kier alpha value is -1.23. The summed E-state index contributed by atoms with van der Waals surface area (Å²) in [7, 11) is -5.19. The molecule has 0 fully saturated rings. The fraction of sp³-hybridized carbons (Fsp3) is 0.909. The van der Waals surface area contributed by atoms with Crippen molar-refractivity contribution in [1.29, 1.82) is 0 Å². The molecule has 0 saturated carbocycles. The number of carboxylic acid groups (broad SMARTS) is 2. The van der Waals surface area contributed by atoms with Crippen LogP contribution < -0.4 is 12.3 Å². The van der Waals surface area contributed by atoms with Crippen molar-refractivity contribution in [1.82, 2.24) is 12.3 Å². The van der Waals surface area contributed by atoms with E-state index in [1.807, 2.05) is 6.92 Å². The van der Waals surface area contributed by atoms with E-state index >= 15 is 0 Å². The number of carbonyl (C=O) groups is 2. The Bertz CT molecular complexity index is 628. The Labute approximate surface area is 194 Å². The van der Waals surface area contributed by atoms with Crippen molar-refractivity contribution in [2.75, 3.05) is 0 Å². The molecule has 0 radical (unpaired) electrons. The first kappa shape index (κ1) is 35.4. The van der Waals surface area contributed by atoms with E-state index in [2.05, 4.69) is 6.92 Å². The molecule has 9 N–H and O–H groups in total. The summed E-state index contributed by atoms with van der Waals surface area (Å²) in [6.07, 6.45) is 8.01. The summed E-state index contributed by atoms with van der Waals surface area (Å²) in [5.74, 6) is -6.56. The van der Waals surface area contributed by atoms with Crippen molar-refractivity contribution in [2.24, 2.45) is 17.8 Å². The molecule has 4 atom stereocenters. The van der Waals surface area contributed by atoms with Gasteiger partial charge in [-0.05, 0) is 24.7 Å². The van der Waals surface area contributed by atoms with Crippen LogP contribution in [0, 0.1) is 17.8 Å². The lowest BCUT2D eigenvalue weighted by Gasteiger charge is -2.41. The molecule has 0 aliphatic carbocycles. The van der Waals surface area contributed by atoms with E-state index in [-0.39, 0.29) is 25.1 Å². The van der Waals surface area contributed by atoms with Crippen LogP contribution in [-0.4, -0.2) is 39.9 Å². The van der Waals surface area contributed by atoms with Gasteiger partial charge in [0.25, 0.3) is 10.1 Å². The van der Waals surface area contributed by atoms with Crippen LogP contribution in [0.25, 0.3) is 0 Å². The number of hydrogen-bond donors (Lipinski definition) is 5. The molecule has 9 nitrogen and oxygen atoms in total. The van der Waals surface area contributed by atoms with Crippen LogP contribution in [0.3, 0.4) is 0 Å². The third-order valence-electron chi connectivity index (χ3n) is 6.42. The van der Waals surface area contributed by atoms with Crippen LogP contribution in [0.2, 0.25) is 0 Å². The smallest absolute Gasteiger partial charge is 0.328 e. The summed E-state index contributed by atoms with van der Waals surface area (Å²) < 4.78 is 32.7. The van der Waals surface area contributed by atoms with E-state index < -0.39 is 44.6 Å². The quantitative estimate of drug-likeness (QED) is 0.119. The number of rotatable bonds is 18. The van der Waals surface area contributed by atoms with E-state index in [0.717, 1.165) is 38.5 Å². The number of aliphatic carboxylic acids is 2. The van der Waals surface area contributed by atoms with Crippen LogP contribution in [0.15, 0.2) is 0 Å². The lowest BCUT2D eigenvalue weighted by Crippen LogP contribution is -2.61. The van der Waals surface area contributed by atoms with E-state index in [1.54, 1.807) is 13.8 Å². The molecular weight excluding hydrogens is 436 g/mol. The Balaban J connectivity index is -0.00000420. The maximum absolute atomic E-state index is 12.6. The number of hydrogen-bond acceptors (Lipinski definition) is 6. The third-order valence-corrected chi connectivity index (χ3v) is 8.03. The van der Waals surface area contributed by atoms with Gasteiger partial charge in [0.2, 0.25) is 4.75 Å². The summed E-state index contributed by atoms with van der Waals surface area (Å²) >= 11 is 0. The average molecular weight is 485 g/mol. The molecular formula is C22H48N2O7S. The third kappa shape index (κ3) is 8.96. The Morgan fingerprint density at radius 1 is 0.781 bits per heavy atom. The molecule has 10 heteroatoms. The van der Waals surface area contributed by atoms with E-state index in [1.165, 1.54) is 0 Å². The van der Waals surface area contributed by atoms with E-state index in [4.69, 9.17) is 0 Å². The zero-order valence-electron chi connectivity index (χ0n) is 20.5.